The fourth-order valence-electron chi connectivity index (χ4n) is 3.10. The Morgan fingerprint density at radius 1 is 1.07 bits per heavy atom. The molecule has 1 aliphatic heterocycles. The number of likely N-dealkylation sites (tertiary alicyclic amines) is 1. The minimum absolute atomic E-state index is 0.117. The molecule has 2 aromatic carbocycles. The first kappa shape index (κ1) is 21.6. The predicted octanol–water partition coefficient (Wildman–Crippen LogP) is 2.98. The second-order valence-electron chi connectivity index (χ2n) is 8.33. The van der Waals surface area contributed by atoms with E-state index in [2.05, 4.69) is 5.32 Å². The number of hydrogen-bond donors (Lipinski definition) is 2. The fraction of sp³-hybridized carbons (Fsp3) is 0.391. The number of carbonyl (C=O) groups excluding carboxylic acids is 2. The lowest BCUT2D eigenvalue weighted by molar-refractivity contribution is 0.0269. The zero-order valence-electron chi connectivity index (χ0n) is 17.5. The number of nitrogens with zero attached hydrogens (tertiary/aromatic N) is 1. The molecule has 0 aromatic heterocycles. The van der Waals surface area contributed by atoms with Gasteiger partial charge in [-0.25, -0.2) is 4.79 Å². The normalized spacial score (nSPS) is 18.7. The summed E-state index contributed by atoms with van der Waals surface area (Å²) >= 11 is 0. The molecule has 0 saturated carbocycles. The lowest BCUT2D eigenvalue weighted by Gasteiger charge is -2.24. The molecule has 7 heteroatoms. The summed E-state index contributed by atoms with van der Waals surface area (Å²) in [6.07, 6.45) is -1.35. The largest absolute Gasteiger partial charge is 0.489 e. The third-order valence-electron chi connectivity index (χ3n) is 4.62. The van der Waals surface area contributed by atoms with E-state index in [1.54, 1.807) is 45.0 Å². The average Bonchev–Trinajstić information content (AvgIpc) is 3.07. The SMILES string of the molecule is CC(C)(C)OC(=O)N1CC(O)C(NC(=O)c2ccc(OCc3ccccc3)cc2)C1. The van der Waals surface area contributed by atoms with E-state index < -0.39 is 23.8 Å². The van der Waals surface area contributed by atoms with Crippen LogP contribution in [0.15, 0.2) is 54.6 Å². The number of β-amino-alcohol motifs (C(OH)–C–C–N with tert-alkyl or cyclic N) is 1. The van der Waals surface area contributed by atoms with E-state index in [1.807, 2.05) is 30.3 Å². The molecule has 1 heterocycles. The summed E-state index contributed by atoms with van der Waals surface area (Å²) in [5, 5.41) is 13.0. The molecule has 2 amide bonds. The summed E-state index contributed by atoms with van der Waals surface area (Å²) in [7, 11) is 0. The zero-order chi connectivity index (χ0) is 21.7. The van der Waals surface area contributed by atoms with Gasteiger partial charge in [0.2, 0.25) is 0 Å². The quantitative estimate of drug-likeness (QED) is 0.788. The number of aliphatic hydroxyl groups excluding tert-OH is 1. The maximum Gasteiger partial charge on any atom is 0.410 e. The van der Waals surface area contributed by atoms with Gasteiger partial charge in [-0.15, -0.1) is 0 Å². The summed E-state index contributed by atoms with van der Waals surface area (Å²) in [5.74, 6) is 0.340. The van der Waals surface area contributed by atoms with Crippen molar-refractivity contribution in [3.05, 3.63) is 65.7 Å². The van der Waals surface area contributed by atoms with Gasteiger partial charge in [0.1, 0.15) is 18.0 Å². The Balaban J connectivity index is 1.52. The van der Waals surface area contributed by atoms with Crippen molar-refractivity contribution >= 4 is 12.0 Å². The zero-order valence-corrected chi connectivity index (χ0v) is 17.5. The highest BCUT2D eigenvalue weighted by atomic mass is 16.6. The molecule has 1 aliphatic rings. The number of hydrogen-bond acceptors (Lipinski definition) is 5. The van der Waals surface area contributed by atoms with Crippen LogP contribution in [0.4, 0.5) is 4.79 Å². The van der Waals surface area contributed by atoms with Crippen molar-refractivity contribution in [2.75, 3.05) is 13.1 Å². The number of amides is 2. The van der Waals surface area contributed by atoms with Gasteiger partial charge >= 0.3 is 6.09 Å². The van der Waals surface area contributed by atoms with Gasteiger partial charge in [0, 0.05) is 12.1 Å². The number of benzene rings is 2. The Morgan fingerprint density at radius 3 is 2.37 bits per heavy atom. The molecule has 2 N–H and O–H groups in total. The molecule has 7 nitrogen and oxygen atoms in total. The molecule has 30 heavy (non-hydrogen) atoms. The Labute approximate surface area is 176 Å². The summed E-state index contributed by atoms with van der Waals surface area (Å²) in [5.41, 5.74) is 0.891. The average molecular weight is 412 g/mol. The maximum atomic E-state index is 12.5. The third-order valence-corrected chi connectivity index (χ3v) is 4.62. The smallest absolute Gasteiger partial charge is 0.410 e. The number of aliphatic hydroxyl groups is 1. The summed E-state index contributed by atoms with van der Waals surface area (Å²) in [6, 6.07) is 16.1. The Hall–Kier alpha value is -3.06. The van der Waals surface area contributed by atoms with Crippen molar-refractivity contribution < 1.29 is 24.2 Å². The van der Waals surface area contributed by atoms with Crippen molar-refractivity contribution in [3.63, 3.8) is 0 Å². The lowest BCUT2D eigenvalue weighted by atomic mass is 10.1. The topological polar surface area (TPSA) is 88.1 Å². The fourth-order valence-corrected chi connectivity index (χ4v) is 3.10. The van der Waals surface area contributed by atoms with Gasteiger partial charge < -0.3 is 24.8 Å². The van der Waals surface area contributed by atoms with Crippen molar-refractivity contribution in [2.45, 2.75) is 45.1 Å². The molecule has 1 fully saturated rings. The minimum atomic E-state index is -0.852. The van der Waals surface area contributed by atoms with Gasteiger partial charge in [0.25, 0.3) is 5.91 Å². The molecule has 2 aromatic rings. The standard InChI is InChI=1S/C23H28N2O5/c1-23(2,3)30-22(28)25-13-19(20(26)14-25)24-21(27)17-9-11-18(12-10-17)29-15-16-7-5-4-6-8-16/h4-12,19-20,26H,13-15H2,1-3H3,(H,24,27). The summed E-state index contributed by atoms with van der Waals surface area (Å²) < 4.78 is 11.1. The molecular formula is C23H28N2O5. The number of nitrogens with one attached hydrogen (secondary N) is 1. The molecule has 0 radical (unpaired) electrons. The van der Waals surface area contributed by atoms with E-state index in [1.165, 1.54) is 4.90 Å². The molecular weight excluding hydrogens is 384 g/mol. The Kier molecular flexibility index (Phi) is 6.62. The van der Waals surface area contributed by atoms with Crippen LogP contribution in [0.25, 0.3) is 0 Å². The molecule has 0 aliphatic carbocycles. The molecule has 2 atom stereocenters. The van der Waals surface area contributed by atoms with Crippen LogP contribution < -0.4 is 10.1 Å². The van der Waals surface area contributed by atoms with Gasteiger partial charge in [0.15, 0.2) is 0 Å². The van der Waals surface area contributed by atoms with Crippen molar-refractivity contribution in [2.24, 2.45) is 0 Å². The highest BCUT2D eigenvalue weighted by molar-refractivity contribution is 5.94. The molecule has 0 spiro atoms. The van der Waals surface area contributed by atoms with Gasteiger partial charge in [-0.3, -0.25) is 4.79 Å². The molecule has 3 rings (SSSR count). The first-order valence-electron chi connectivity index (χ1n) is 9.95. The third kappa shape index (κ3) is 5.97. The van der Waals surface area contributed by atoms with Crippen LogP contribution >= 0.6 is 0 Å². The van der Waals surface area contributed by atoms with Crippen LogP contribution in [0.1, 0.15) is 36.7 Å². The van der Waals surface area contributed by atoms with Crippen molar-refractivity contribution in [3.8, 4) is 5.75 Å². The monoisotopic (exact) mass is 412 g/mol. The second kappa shape index (κ2) is 9.17. The van der Waals surface area contributed by atoms with Crippen molar-refractivity contribution in [1.29, 1.82) is 0 Å². The van der Waals surface area contributed by atoms with Crippen LogP contribution in [-0.4, -0.2) is 52.8 Å². The maximum absolute atomic E-state index is 12.5. The molecule has 1 saturated heterocycles. The van der Waals surface area contributed by atoms with E-state index in [0.29, 0.717) is 17.9 Å². The highest BCUT2D eigenvalue weighted by Crippen LogP contribution is 2.18. The number of rotatable bonds is 5. The first-order valence-corrected chi connectivity index (χ1v) is 9.95. The Morgan fingerprint density at radius 2 is 1.73 bits per heavy atom. The van der Waals surface area contributed by atoms with Crippen LogP contribution in [0.2, 0.25) is 0 Å². The van der Waals surface area contributed by atoms with Gasteiger partial charge in [-0.05, 0) is 50.6 Å². The predicted molar refractivity (Wildman–Crippen MR) is 112 cm³/mol. The van der Waals surface area contributed by atoms with Crippen molar-refractivity contribution in [1.82, 2.24) is 10.2 Å². The van der Waals surface area contributed by atoms with Crippen LogP contribution in [-0.2, 0) is 11.3 Å². The van der Waals surface area contributed by atoms with E-state index >= 15 is 0 Å². The first-order chi connectivity index (χ1) is 14.2. The molecule has 160 valence electrons. The lowest BCUT2D eigenvalue weighted by Crippen LogP contribution is -2.43. The van der Waals surface area contributed by atoms with E-state index in [-0.39, 0.29) is 19.0 Å². The van der Waals surface area contributed by atoms with Gasteiger partial charge in [-0.1, -0.05) is 30.3 Å². The van der Waals surface area contributed by atoms with Crippen LogP contribution in [0.3, 0.4) is 0 Å². The minimum Gasteiger partial charge on any atom is -0.489 e. The van der Waals surface area contributed by atoms with Gasteiger partial charge in [0.05, 0.1) is 18.7 Å². The second-order valence-corrected chi connectivity index (χ2v) is 8.33. The van der Waals surface area contributed by atoms with Crippen LogP contribution in [0, 0.1) is 0 Å². The van der Waals surface area contributed by atoms with E-state index in [0.717, 1.165) is 5.56 Å². The Bertz CT molecular complexity index is 861. The summed E-state index contributed by atoms with van der Waals surface area (Å²) in [6.45, 7) is 6.10. The molecule has 0 bridgehead atoms. The molecule has 2 unspecified atom stereocenters. The van der Waals surface area contributed by atoms with E-state index in [4.69, 9.17) is 9.47 Å². The van der Waals surface area contributed by atoms with Gasteiger partial charge in [-0.2, -0.15) is 0 Å². The number of carbonyl (C=O) groups is 2. The van der Waals surface area contributed by atoms with E-state index in [9.17, 15) is 14.7 Å². The van der Waals surface area contributed by atoms with Crippen LogP contribution in [0.5, 0.6) is 5.75 Å². The highest BCUT2D eigenvalue weighted by Gasteiger charge is 2.37. The summed E-state index contributed by atoms with van der Waals surface area (Å²) in [4.78, 5) is 26.1. The number of ether oxygens (including phenoxy) is 2.